The number of anilines is 2. The topological polar surface area (TPSA) is 84.5 Å². The highest BCUT2D eigenvalue weighted by Crippen LogP contribution is 2.38. The minimum Gasteiger partial charge on any atom is -0.465 e. The number of nitrogens with one attached hydrogen (secondary N) is 2. The zero-order valence-corrected chi connectivity index (χ0v) is 24.9. The van der Waals surface area contributed by atoms with Crippen LogP contribution < -0.4 is 10.6 Å². The van der Waals surface area contributed by atoms with Gasteiger partial charge in [0.25, 0.3) is 5.91 Å². The van der Waals surface area contributed by atoms with Crippen LogP contribution in [0.15, 0.2) is 47.4 Å². The van der Waals surface area contributed by atoms with Crippen LogP contribution in [0, 0.1) is 0 Å². The number of ether oxygens (including phenoxy) is 1. The first-order valence-corrected chi connectivity index (χ1v) is 15.3. The summed E-state index contributed by atoms with van der Waals surface area (Å²) in [6, 6.07) is 12.0. The lowest BCUT2D eigenvalue weighted by Gasteiger charge is -2.16. The molecule has 0 aliphatic heterocycles. The zero-order chi connectivity index (χ0) is 27.9. The maximum absolute atomic E-state index is 13.4. The maximum Gasteiger partial charge on any atom is 0.341 e. The summed E-state index contributed by atoms with van der Waals surface area (Å²) < 4.78 is 5.09. The molecule has 39 heavy (non-hydrogen) atoms. The monoisotopic (exact) mass is 604 g/mol. The molecule has 4 rings (SSSR count). The molecule has 0 fully saturated rings. The summed E-state index contributed by atoms with van der Waals surface area (Å²) in [5, 5.41) is 6.77. The van der Waals surface area contributed by atoms with Gasteiger partial charge in [-0.1, -0.05) is 49.0 Å². The van der Waals surface area contributed by atoms with E-state index in [4.69, 9.17) is 27.9 Å². The first-order chi connectivity index (χ1) is 18.8. The molecule has 6 nitrogen and oxygen atoms in total. The Bertz CT molecular complexity index is 1380. The number of thioether (sulfide) groups is 1. The molecular weight excluding hydrogens is 575 g/mol. The van der Waals surface area contributed by atoms with Gasteiger partial charge in [0.1, 0.15) is 5.00 Å². The number of rotatable bonds is 8. The lowest BCUT2D eigenvalue weighted by atomic mass is 9.96. The molecule has 1 atom stereocenters. The van der Waals surface area contributed by atoms with Crippen LogP contribution in [0.1, 0.15) is 70.2 Å². The third-order valence-corrected chi connectivity index (χ3v) is 9.62. The first-order valence-electron chi connectivity index (χ1n) is 12.9. The maximum atomic E-state index is 13.4. The Morgan fingerprint density at radius 3 is 2.51 bits per heavy atom. The molecule has 1 aliphatic rings. The van der Waals surface area contributed by atoms with Gasteiger partial charge < -0.3 is 15.4 Å². The molecule has 0 radical (unpaired) electrons. The van der Waals surface area contributed by atoms with Crippen molar-refractivity contribution in [1.82, 2.24) is 0 Å². The van der Waals surface area contributed by atoms with Crippen molar-refractivity contribution < 1.29 is 19.1 Å². The molecule has 2 aromatic carbocycles. The Hall–Kier alpha value is -2.52. The average molecular weight is 606 g/mol. The van der Waals surface area contributed by atoms with E-state index in [9.17, 15) is 14.4 Å². The van der Waals surface area contributed by atoms with Gasteiger partial charge in [-0.25, -0.2) is 4.79 Å². The Labute approximate surface area is 246 Å². The number of esters is 1. The third-order valence-electron chi connectivity index (χ3n) is 6.51. The number of hydrogen-bond acceptors (Lipinski definition) is 6. The van der Waals surface area contributed by atoms with Crippen molar-refractivity contribution in [3.05, 3.63) is 74.1 Å². The summed E-state index contributed by atoms with van der Waals surface area (Å²) in [7, 11) is 1.37. The quantitative estimate of drug-likeness (QED) is 0.200. The van der Waals surface area contributed by atoms with E-state index in [1.54, 1.807) is 18.2 Å². The fourth-order valence-corrected chi connectivity index (χ4v) is 7.31. The van der Waals surface area contributed by atoms with Gasteiger partial charge in [0, 0.05) is 20.5 Å². The summed E-state index contributed by atoms with van der Waals surface area (Å²) in [4.78, 5) is 40.8. The number of carbonyl (C=O) groups excluding carboxylic acids is 3. The average Bonchev–Trinajstić information content (AvgIpc) is 3.22. The van der Waals surface area contributed by atoms with Crippen molar-refractivity contribution in [1.29, 1.82) is 0 Å². The Balaban J connectivity index is 1.49. The van der Waals surface area contributed by atoms with Crippen LogP contribution in [-0.2, 0) is 22.4 Å². The van der Waals surface area contributed by atoms with Crippen LogP contribution in [0.25, 0.3) is 0 Å². The van der Waals surface area contributed by atoms with Gasteiger partial charge in [0.2, 0.25) is 5.91 Å². The third kappa shape index (κ3) is 7.37. The second kappa shape index (κ2) is 13.7. The standard InChI is InChI=1S/C29H30Cl2N2O4S2/c1-3-23(27(35)33-28-25(29(36)37-2)21-11-6-4-5-7-12-24(21)39-28)38-19-10-8-9-18(16-19)32-26(34)20-14-13-17(30)15-22(20)31/h8-10,13-16,23H,3-7,11-12H2,1-2H3,(H,32,34)(H,33,35). The van der Waals surface area contributed by atoms with E-state index in [1.807, 2.05) is 25.1 Å². The van der Waals surface area contributed by atoms with Gasteiger partial charge in [-0.15, -0.1) is 23.1 Å². The van der Waals surface area contributed by atoms with Gasteiger partial charge in [0.05, 0.1) is 28.5 Å². The van der Waals surface area contributed by atoms with E-state index in [1.165, 1.54) is 42.7 Å². The van der Waals surface area contributed by atoms with E-state index in [2.05, 4.69) is 10.6 Å². The SMILES string of the molecule is CCC(Sc1cccc(NC(=O)c2ccc(Cl)cc2Cl)c1)C(=O)Nc1sc2c(c1C(=O)OC)CCCCCC2. The van der Waals surface area contributed by atoms with E-state index in [0.717, 1.165) is 47.4 Å². The van der Waals surface area contributed by atoms with Crippen LogP contribution in [-0.4, -0.2) is 30.1 Å². The summed E-state index contributed by atoms with van der Waals surface area (Å²) in [6.45, 7) is 1.94. The lowest BCUT2D eigenvalue weighted by Crippen LogP contribution is -2.25. The van der Waals surface area contributed by atoms with Crippen molar-refractivity contribution in [3.63, 3.8) is 0 Å². The molecule has 0 saturated carbocycles. The Morgan fingerprint density at radius 1 is 1.03 bits per heavy atom. The van der Waals surface area contributed by atoms with Crippen LogP contribution in [0.5, 0.6) is 0 Å². The van der Waals surface area contributed by atoms with Gasteiger partial charge in [-0.3, -0.25) is 9.59 Å². The fraction of sp³-hybridized carbons (Fsp3) is 0.345. The molecule has 10 heteroatoms. The normalized spacial score (nSPS) is 13.9. The molecule has 1 aliphatic carbocycles. The van der Waals surface area contributed by atoms with E-state index in [0.29, 0.717) is 33.3 Å². The Morgan fingerprint density at radius 2 is 1.79 bits per heavy atom. The highest BCUT2D eigenvalue weighted by atomic mass is 35.5. The molecule has 206 valence electrons. The molecule has 1 unspecified atom stereocenters. The highest BCUT2D eigenvalue weighted by Gasteiger charge is 2.28. The molecule has 1 aromatic heterocycles. The number of carbonyl (C=O) groups is 3. The number of benzene rings is 2. The summed E-state index contributed by atoms with van der Waals surface area (Å²) >= 11 is 15.0. The molecule has 0 bridgehead atoms. The lowest BCUT2D eigenvalue weighted by molar-refractivity contribution is -0.115. The zero-order valence-electron chi connectivity index (χ0n) is 21.8. The van der Waals surface area contributed by atoms with Crippen molar-refractivity contribution in [2.75, 3.05) is 17.7 Å². The van der Waals surface area contributed by atoms with E-state index >= 15 is 0 Å². The number of fused-ring (bicyclic) bond motifs is 1. The largest absolute Gasteiger partial charge is 0.465 e. The van der Waals surface area contributed by atoms with Crippen LogP contribution >= 0.6 is 46.3 Å². The molecule has 0 saturated heterocycles. The molecule has 3 aromatic rings. The van der Waals surface area contributed by atoms with Crippen molar-refractivity contribution in [2.45, 2.75) is 62.0 Å². The van der Waals surface area contributed by atoms with Crippen LogP contribution in [0.2, 0.25) is 10.0 Å². The number of methoxy groups -OCH3 is 1. The Kier molecular flexibility index (Phi) is 10.4. The minimum absolute atomic E-state index is 0.177. The summed E-state index contributed by atoms with van der Waals surface area (Å²) in [5.74, 6) is -0.940. The number of hydrogen-bond donors (Lipinski definition) is 2. The van der Waals surface area contributed by atoms with Gasteiger partial charge >= 0.3 is 5.97 Å². The fourth-order valence-electron chi connectivity index (χ4n) is 4.52. The van der Waals surface area contributed by atoms with Gasteiger partial charge in [-0.2, -0.15) is 0 Å². The second-order valence-electron chi connectivity index (χ2n) is 9.22. The first kappa shape index (κ1) is 29.5. The smallest absolute Gasteiger partial charge is 0.341 e. The number of amides is 2. The second-order valence-corrected chi connectivity index (χ2v) is 12.4. The van der Waals surface area contributed by atoms with Crippen molar-refractivity contribution in [3.8, 4) is 0 Å². The van der Waals surface area contributed by atoms with Crippen LogP contribution in [0.4, 0.5) is 10.7 Å². The predicted molar refractivity (Wildman–Crippen MR) is 161 cm³/mol. The molecule has 2 amide bonds. The molecule has 1 heterocycles. The number of halogens is 2. The van der Waals surface area contributed by atoms with Crippen molar-refractivity contribution in [2.24, 2.45) is 0 Å². The molecule has 2 N–H and O–H groups in total. The van der Waals surface area contributed by atoms with Crippen molar-refractivity contribution >= 4 is 74.8 Å². The number of thiophene rings is 1. The number of aryl methyl sites for hydroxylation is 1. The predicted octanol–water partition coefficient (Wildman–Crippen LogP) is 8.26. The summed E-state index contributed by atoms with van der Waals surface area (Å²) in [5.41, 5.74) is 2.42. The molecular formula is C29H30Cl2N2O4S2. The van der Waals surface area contributed by atoms with Gasteiger partial charge in [-0.05, 0) is 74.1 Å². The summed E-state index contributed by atoms with van der Waals surface area (Å²) in [6.07, 6.45) is 6.71. The highest BCUT2D eigenvalue weighted by molar-refractivity contribution is 8.00. The van der Waals surface area contributed by atoms with Gasteiger partial charge in [0.15, 0.2) is 0 Å². The van der Waals surface area contributed by atoms with E-state index in [-0.39, 0.29) is 16.8 Å². The minimum atomic E-state index is -0.409. The molecule has 0 spiro atoms. The van der Waals surface area contributed by atoms with E-state index < -0.39 is 11.2 Å². The van der Waals surface area contributed by atoms with Crippen LogP contribution in [0.3, 0.4) is 0 Å².